The summed E-state index contributed by atoms with van der Waals surface area (Å²) in [6, 6.07) is 3.68. The van der Waals surface area contributed by atoms with E-state index in [2.05, 4.69) is 4.98 Å². The standard InChI is InChI=1S/C16H21N5O6S2/c1-13-4-5-14(21(22)23)10-15(13)28(24,25)19-6-3-7-20(9-8-19)29(26,27)16-11-18(2)12-17-16/h4-5,10-12H,3,6-9H2,1-2H3. The third-order valence-electron chi connectivity index (χ3n) is 4.70. The quantitative estimate of drug-likeness (QED) is 0.491. The number of nitrogens with zero attached hydrogens (tertiary/aromatic N) is 5. The van der Waals surface area contributed by atoms with E-state index < -0.39 is 25.0 Å². The molecule has 0 bridgehead atoms. The summed E-state index contributed by atoms with van der Waals surface area (Å²) < 4.78 is 55.6. The number of benzene rings is 1. The van der Waals surface area contributed by atoms with Crippen LogP contribution in [0, 0.1) is 17.0 Å². The van der Waals surface area contributed by atoms with Crippen molar-refractivity contribution in [2.45, 2.75) is 23.3 Å². The molecular weight excluding hydrogens is 422 g/mol. The summed E-state index contributed by atoms with van der Waals surface area (Å²) >= 11 is 0. The molecule has 1 aromatic carbocycles. The second-order valence-electron chi connectivity index (χ2n) is 6.75. The van der Waals surface area contributed by atoms with E-state index in [1.807, 2.05) is 0 Å². The Bertz CT molecular complexity index is 1140. The predicted molar refractivity (Wildman–Crippen MR) is 103 cm³/mol. The van der Waals surface area contributed by atoms with Gasteiger partial charge in [-0.3, -0.25) is 10.1 Å². The molecule has 0 spiro atoms. The maximum Gasteiger partial charge on any atom is 0.270 e. The molecule has 0 atom stereocenters. The van der Waals surface area contributed by atoms with Gasteiger partial charge in [-0.25, -0.2) is 21.8 Å². The number of sulfonamides is 2. The highest BCUT2D eigenvalue weighted by atomic mass is 32.2. The Labute approximate surface area is 168 Å². The molecule has 11 nitrogen and oxygen atoms in total. The number of rotatable bonds is 5. The molecular formula is C16H21N5O6S2. The number of non-ortho nitro benzene ring substituents is 1. The summed E-state index contributed by atoms with van der Waals surface area (Å²) in [5.74, 6) is 0. The van der Waals surface area contributed by atoms with Crippen molar-refractivity contribution in [2.24, 2.45) is 7.05 Å². The van der Waals surface area contributed by atoms with E-state index in [0.29, 0.717) is 12.0 Å². The maximum absolute atomic E-state index is 13.1. The minimum absolute atomic E-state index is 0.0356. The second kappa shape index (κ2) is 7.82. The van der Waals surface area contributed by atoms with Gasteiger partial charge in [0.15, 0.2) is 5.03 Å². The van der Waals surface area contributed by atoms with Gasteiger partial charge in [0.25, 0.3) is 15.7 Å². The molecule has 1 saturated heterocycles. The highest BCUT2D eigenvalue weighted by Crippen LogP contribution is 2.26. The maximum atomic E-state index is 13.1. The fourth-order valence-corrected chi connectivity index (χ4v) is 6.27. The number of nitro benzene ring substituents is 1. The molecule has 0 unspecified atom stereocenters. The van der Waals surface area contributed by atoms with Crippen LogP contribution in [0.25, 0.3) is 0 Å². The van der Waals surface area contributed by atoms with Gasteiger partial charge in [-0.15, -0.1) is 0 Å². The largest absolute Gasteiger partial charge is 0.339 e. The first-order chi connectivity index (χ1) is 13.5. The lowest BCUT2D eigenvalue weighted by Crippen LogP contribution is -2.37. The Morgan fingerprint density at radius 2 is 1.66 bits per heavy atom. The van der Waals surface area contributed by atoms with Crippen molar-refractivity contribution in [1.29, 1.82) is 0 Å². The zero-order chi connectivity index (χ0) is 21.4. The van der Waals surface area contributed by atoms with Gasteiger partial charge in [-0.05, 0) is 18.9 Å². The van der Waals surface area contributed by atoms with E-state index in [4.69, 9.17) is 0 Å². The molecule has 13 heteroatoms. The van der Waals surface area contributed by atoms with Gasteiger partial charge in [0.2, 0.25) is 10.0 Å². The van der Waals surface area contributed by atoms with E-state index >= 15 is 0 Å². The molecule has 29 heavy (non-hydrogen) atoms. The predicted octanol–water partition coefficient (Wildman–Crippen LogP) is 0.722. The summed E-state index contributed by atoms with van der Waals surface area (Å²) in [7, 11) is -6.19. The van der Waals surface area contributed by atoms with Gasteiger partial charge in [-0.1, -0.05) is 6.07 Å². The smallest absolute Gasteiger partial charge is 0.270 e. The van der Waals surface area contributed by atoms with Crippen LogP contribution in [-0.4, -0.2) is 66.1 Å². The monoisotopic (exact) mass is 443 g/mol. The van der Waals surface area contributed by atoms with Gasteiger partial charge in [0.1, 0.15) is 0 Å². The highest BCUT2D eigenvalue weighted by molar-refractivity contribution is 7.89. The van der Waals surface area contributed by atoms with Crippen molar-refractivity contribution in [3.8, 4) is 0 Å². The van der Waals surface area contributed by atoms with Crippen LogP contribution in [0.5, 0.6) is 0 Å². The topological polar surface area (TPSA) is 136 Å². The minimum Gasteiger partial charge on any atom is -0.339 e. The fourth-order valence-electron chi connectivity index (χ4n) is 3.12. The summed E-state index contributed by atoms with van der Waals surface area (Å²) in [6.45, 7) is 1.73. The van der Waals surface area contributed by atoms with Gasteiger partial charge >= 0.3 is 0 Å². The number of nitro groups is 1. The Balaban J connectivity index is 1.85. The van der Waals surface area contributed by atoms with Crippen molar-refractivity contribution in [2.75, 3.05) is 26.2 Å². The Kier molecular flexibility index (Phi) is 5.76. The number of aromatic nitrogens is 2. The third kappa shape index (κ3) is 4.17. The lowest BCUT2D eigenvalue weighted by molar-refractivity contribution is -0.385. The summed E-state index contributed by atoms with van der Waals surface area (Å²) in [5.41, 5.74) is 0.0705. The lowest BCUT2D eigenvalue weighted by atomic mass is 10.2. The van der Waals surface area contributed by atoms with Crippen LogP contribution in [0.4, 0.5) is 5.69 Å². The molecule has 1 aromatic heterocycles. The molecule has 1 aliphatic rings. The molecule has 0 N–H and O–H groups in total. The SMILES string of the molecule is Cc1ccc([N+](=O)[O-])cc1S(=O)(=O)N1CCCN(S(=O)(=O)c2cn(C)cn2)CC1. The molecule has 0 radical (unpaired) electrons. The average Bonchev–Trinajstić information content (AvgIpc) is 2.93. The number of aryl methyl sites for hydroxylation is 2. The summed E-state index contributed by atoms with van der Waals surface area (Å²) in [4.78, 5) is 14.1. The number of hydrogen-bond acceptors (Lipinski definition) is 7. The number of imidazole rings is 1. The van der Waals surface area contributed by atoms with Gasteiger partial charge in [0, 0.05) is 51.6 Å². The normalized spacial score (nSPS) is 17.2. The first-order valence-electron chi connectivity index (χ1n) is 8.77. The number of hydrogen-bond donors (Lipinski definition) is 0. The lowest BCUT2D eigenvalue weighted by Gasteiger charge is -2.21. The zero-order valence-corrected chi connectivity index (χ0v) is 17.6. The molecule has 1 aliphatic heterocycles. The molecule has 0 amide bonds. The molecule has 158 valence electrons. The van der Waals surface area contributed by atoms with Gasteiger partial charge in [0.05, 0.1) is 16.1 Å². The molecule has 0 saturated carbocycles. The third-order valence-corrected chi connectivity index (χ3v) is 8.52. The molecule has 0 aliphatic carbocycles. The second-order valence-corrected chi connectivity index (χ2v) is 10.5. The van der Waals surface area contributed by atoms with E-state index in [0.717, 1.165) is 6.07 Å². The van der Waals surface area contributed by atoms with Crippen molar-refractivity contribution in [1.82, 2.24) is 18.2 Å². The first kappa shape index (κ1) is 21.4. The van der Waals surface area contributed by atoms with Crippen LogP contribution in [0.1, 0.15) is 12.0 Å². The Morgan fingerprint density at radius 3 is 2.21 bits per heavy atom. The van der Waals surface area contributed by atoms with Crippen molar-refractivity contribution >= 4 is 25.7 Å². The van der Waals surface area contributed by atoms with Gasteiger partial charge in [-0.2, -0.15) is 8.61 Å². The Hall–Kier alpha value is -2.35. The van der Waals surface area contributed by atoms with E-state index in [9.17, 15) is 26.9 Å². The average molecular weight is 444 g/mol. The van der Waals surface area contributed by atoms with Gasteiger partial charge < -0.3 is 4.57 Å². The van der Waals surface area contributed by atoms with Crippen molar-refractivity contribution in [3.05, 3.63) is 46.4 Å². The highest BCUT2D eigenvalue weighted by Gasteiger charge is 2.33. The fraction of sp³-hybridized carbons (Fsp3) is 0.438. The molecule has 2 aromatic rings. The Morgan fingerprint density at radius 1 is 1.03 bits per heavy atom. The van der Waals surface area contributed by atoms with Crippen molar-refractivity contribution < 1.29 is 21.8 Å². The van der Waals surface area contributed by atoms with E-state index in [1.54, 1.807) is 14.0 Å². The van der Waals surface area contributed by atoms with Crippen LogP contribution in [0.2, 0.25) is 0 Å². The van der Waals surface area contributed by atoms with Crippen LogP contribution in [-0.2, 0) is 27.1 Å². The molecule has 1 fully saturated rings. The van der Waals surface area contributed by atoms with E-state index in [-0.39, 0.29) is 41.8 Å². The zero-order valence-electron chi connectivity index (χ0n) is 15.9. The summed E-state index contributed by atoms with van der Waals surface area (Å²) in [6.07, 6.45) is 3.06. The van der Waals surface area contributed by atoms with E-state index in [1.165, 1.54) is 37.8 Å². The van der Waals surface area contributed by atoms with Crippen molar-refractivity contribution in [3.63, 3.8) is 0 Å². The molecule has 3 rings (SSSR count). The van der Waals surface area contributed by atoms with Crippen LogP contribution < -0.4 is 0 Å². The van der Waals surface area contributed by atoms with Crippen LogP contribution in [0.15, 0.2) is 40.6 Å². The summed E-state index contributed by atoms with van der Waals surface area (Å²) in [5, 5.41) is 10.9. The minimum atomic E-state index is -4.01. The first-order valence-corrected chi connectivity index (χ1v) is 11.6. The molecule has 2 heterocycles. The van der Waals surface area contributed by atoms with Crippen LogP contribution >= 0.6 is 0 Å². The van der Waals surface area contributed by atoms with Crippen LogP contribution in [0.3, 0.4) is 0 Å².